The summed E-state index contributed by atoms with van der Waals surface area (Å²) in [5.74, 6) is 1.09. The number of benzene rings is 1. The number of para-hydroxylation sites is 1. The summed E-state index contributed by atoms with van der Waals surface area (Å²) in [6.45, 7) is 9.40. The van der Waals surface area contributed by atoms with Crippen LogP contribution in [0, 0.1) is 0 Å². The van der Waals surface area contributed by atoms with Crippen LogP contribution in [-0.2, 0) is 4.57 Å². The Labute approximate surface area is 103 Å². The molecule has 1 aromatic carbocycles. The Morgan fingerprint density at radius 3 is 1.82 bits per heavy atom. The molecule has 3 nitrogen and oxygen atoms in total. The van der Waals surface area contributed by atoms with Crippen molar-refractivity contribution in [2.45, 2.75) is 39.5 Å². The fraction of sp³-hybridized carbons (Fsp3) is 0.538. The second-order valence-electron chi connectivity index (χ2n) is 4.97. The van der Waals surface area contributed by atoms with Gasteiger partial charge in [-0.1, -0.05) is 45.9 Å². The van der Waals surface area contributed by atoms with Crippen molar-refractivity contribution >= 4 is 7.60 Å². The first-order chi connectivity index (χ1) is 7.72. The standard InChI is InChI=1S/C13H21O3P/c1-9(2)11-7-6-8-12(10(3)4)13(11)16-17(5,14)15/h6-10H,1-5H3,(H,14,15). The molecule has 17 heavy (non-hydrogen) atoms. The molecule has 0 aliphatic carbocycles. The van der Waals surface area contributed by atoms with Gasteiger partial charge >= 0.3 is 7.60 Å². The van der Waals surface area contributed by atoms with Crippen LogP contribution in [0.2, 0.25) is 0 Å². The van der Waals surface area contributed by atoms with Gasteiger partial charge < -0.3 is 9.42 Å². The van der Waals surface area contributed by atoms with Crippen molar-refractivity contribution in [1.82, 2.24) is 0 Å². The average molecular weight is 256 g/mol. The molecule has 1 aromatic rings. The molecule has 0 radical (unpaired) electrons. The Morgan fingerprint density at radius 2 is 1.53 bits per heavy atom. The molecule has 0 aliphatic heterocycles. The predicted molar refractivity (Wildman–Crippen MR) is 71.0 cm³/mol. The molecule has 0 fully saturated rings. The van der Waals surface area contributed by atoms with Gasteiger partial charge in [-0.2, -0.15) is 0 Å². The van der Waals surface area contributed by atoms with Crippen molar-refractivity contribution in [3.8, 4) is 5.75 Å². The van der Waals surface area contributed by atoms with Gasteiger partial charge in [0.15, 0.2) is 0 Å². The van der Waals surface area contributed by atoms with Crippen molar-refractivity contribution in [1.29, 1.82) is 0 Å². The lowest BCUT2D eigenvalue weighted by atomic mass is 9.94. The molecular formula is C13H21O3P. The highest BCUT2D eigenvalue weighted by atomic mass is 31.2. The Hall–Kier alpha value is -0.790. The maximum atomic E-state index is 11.5. The maximum Gasteiger partial charge on any atom is 0.373 e. The van der Waals surface area contributed by atoms with E-state index in [1.54, 1.807) is 0 Å². The minimum atomic E-state index is -3.52. The van der Waals surface area contributed by atoms with E-state index in [2.05, 4.69) is 0 Å². The lowest BCUT2D eigenvalue weighted by Crippen LogP contribution is -2.02. The Morgan fingerprint density at radius 1 is 1.12 bits per heavy atom. The summed E-state index contributed by atoms with van der Waals surface area (Å²) in [4.78, 5) is 9.42. The first kappa shape index (κ1) is 14.3. The molecule has 0 bridgehead atoms. The van der Waals surface area contributed by atoms with Crippen LogP contribution in [0.15, 0.2) is 18.2 Å². The van der Waals surface area contributed by atoms with E-state index in [9.17, 15) is 9.46 Å². The molecule has 1 rings (SSSR count). The van der Waals surface area contributed by atoms with Crippen LogP contribution < -0.4 is 4.52 Å². The lowest BCUT2D eigenvalue weighted by Gasteiger charge is -2.20. The van der Waals surface area contributed by atoms with Crippen LogP contribution in [0.1, 0.15) is 50.7 Å². The van der Waals surface area contributed by atoms with E-state index in [0.717, 1.165) is 11.1 Å². The minimum Gasteiger partial charge on any atom is -0.424 e. The van der Waals surface area contributed by atoms with Crippen molar-refractivity contribution in [3.63, 3.8) is 0 Å². The SMILES string of the molecule is CC(C)c1cccc(C(C)C)c1OP(C)(=O)O. The summed E-state index contributed by atoms with van der Waals surface area (Å²) < 4.78 is 16.8. The highest BCUT2D eigenvalue weighted by Crippen LogP contribution is 2.44. The first-order valence-electron chi connectivity index (χ1n) is 5.85. The lowest BCUT2D eigenvalue weighted by molar-refractivity contribution is 0.382. The van der Waals surface area contributed by atoms with Gasteiger partial charge in [-0.3, -0.25) is 0 Å². The van der Waals surface area contributed by atoms with Gasteiger partial charge in [0.1, 0.15) is 5.75 Å². The second kappa shape index (κ2) is 5.24. The molecule has 0 spiro atoms. The van der Waals surface area contributed by atoms with Crippen molar-refractivity contribution < 1.29 is 14.0 Å². The Kier molecular flexibility index (Phi) is 4.40. The zero-order valence-electron chi connectivity index (χ0n) is 11.1. The van der Waals surface area contributed by atoms with Gasteiger partial charge in [0.05, 0.1) is 0 Å². The molecule has 1 unspecified atom stereocenters. The van der Waals surface area contributed by atoms with Gasteiger partial charge in [0, 0.05) is 6.66 Å². The molecule has 4 heteroatoms. The van der Waals surface area contributed by atoms with Crippen molar-refractivity contribution in [2.75, 3.05) is 6.66 Å². The van der Waals surface area contributed by atoms with E-state index in [1.807, 2.05) is 45.9 Å². The van der Waals surface area contributed by atoms with Crippen LogP contribution in [0.4, 0.5) is 0 Å². The third-order valence-electron chi connectivity index (χ3n) is 2.58. The quantitative estimate of drug-likeness (QED) is 0.824. The fourth-order valence-electron chi connectivity index (χ4n) is 1.76. The molecule has 1 atom stereocenters. The number of hydrogen-bond donors (Lipinski definition) is 1. The molecule has 0 aliphatic rings. The Bertz CT molecular complexity index is 406. The third kappa shape index (κ3) is 3.86. The normalized spacial score (nSPS) is 15.1. The molecule has 0 heterocycles. The average Bonchev–Trinajstić information content (AvgIpc) is 2.14. The van der Waals surface area contributed by atoms with Crippen molar-refractivity contribution in [2.24, 2.45) is 0 Å². The fourth-order valence-corrected chi connectivity index (χ4v) is 2.31. The monoisotopic (exact) mass is 256 g/mol. The molecule has 0 saturated heterocycles. The number of rotatable bonds is 4. The second-order valence-corrected chi connectivity index (χ2v) is 6.76. The largest absolute Gasteiger partial charge is 0.424 e. The Balaban J connectivity index is 3.34. The van der Waals surface area contributed by atoms with Crippen LogP contribution in [0.3, 0.4) is 0 Å². The zero-order chi connectivity index (χ0) is 13.2. The van der Waals surface area contributed by atoms with E-state index in [4.69, 9.17) is 4.52 Å². The molecule has 0 saturated carbocycles. The van der Waals surface area contributed by atoms with Crippen LogP contribution >= 0.6 is 7.60 Å². The molecule has 96 valence electrons. The van der Waals surface area contributed by atoms with E-state index < -0.39 is 7.60 Å². The van der Waals surface area contributed by atoms with Crippen LogP contribution in [0.25, 0.3) is 0 Å². The van der Waals surface area contributed by atoms with E-state index in [1.165, 1.54) is 6.66 Å². The summed E-state index contributed by atoms with van der Waals surface area (Å²) in [5, 5.41) is 0. The van der Waals surface area contributed by atoms with Gasteiger partial charge in [-0.05, 0) is 23.0 Å². The first-order valence-corrected chi connectivity index (χ1v) is 7.87. The van der Waals surface area contributed by atoms with Gasteiger partial charge in [-0.15, -0.1) is 0 Å². The highest BCUT2D eigenvalue weighted by Gasteiger charge is 2.20. The maximum absolute atomic E-state index is 11.5. The van der Waals surface area contributed by atoms with Crippen LogP contribution in [-0.4, -0.2) is 11.6 Å². The molecule has 0 amide bonds. The predicted octanol–water partition coefficient (Wildman–Crippen LogP) is 4.13. The summed E-state index contributed by atoms with van der Waals surface area (Å²) >= 11 is 0. The summed E-state index contributed by atoms with van der Waals surface area (Å²) in [7, 11) is -3.52. The molecular weight excluding hydrogens is 235 g/mol. The molecule has 1 N–H and O–H groups in total. The number of hydrogen-bond acceptors (Lipinski definition) is 2. The third-order valence-corrected chi connectivity index (χ3v) is 3.10. The van der Waals surface area contributed by atoms with E-state index in [0.29, 0.717) is 5.75 Å². The summed E-state index contributed by atoms with van der Waals surface area (Å²) in [6.07, 6.45) is 0. The topological polar surface area (TPSA) is 46.5 Å². The highest BCUT2D eigenvalue weighted by molar-refractivity contribution is 7.52. The van der Waals surface area contributed by atoms with Gasteiger partial charge in [0.2, 0.25) is 0 Å². The van der Waals surface area contributed by atoms with Gasteiger partial charge in [0.25, 0.3) is 0 Å². The molecule has 0 aromatic heterocycles. The van der Waals surface area contributed by atoms with E-state index in [-0.39, 0.29) is 11.8 Å². The summed E-state index contributed by atoms with van der Waals surface area (Å²) in [5.41, 5.74) is 1.96. The van der Waals surface area contributed by atoms with Crippen LogP contribution in [0.5, 0.6) is 5.75 Å². The minimum absolute atomic E-state index is 0.259. The summed E-state index contributed by atoms with van der Waals surface area (Å²) in [6, 6.07) is 5.86. The smallest absolute Gasteiger partial charge is 0.373 e. The zero-order valence-corrected chi connectivity index (χ0v) is 12.0. The van der Waals surface area contributed by atoms with E-state index >= 15 is 0 Å². The van der Waals surface area contributed by atoms with Gasteiger partial charge in [-0.25, -0.2) is 4.57 Å². The van der Waals surface area contributed by atoms with Crippen molar-refractivity contribution in [3.05, 3.63) is 29.3 Å².